The third kappa shape index (κ3) is 3.18. The number of aryl methyl sites for hydroxylation is 1. The fourth-order valence-electron chi connectivity index (χ4n) is 2.48. The van der Waals surface area contributed by atoms with E-state index in [1.807, 2.05) is 0 Å². The van der Waals surface area contributed by atoms with Gasteiger partial charge in [-0.15, -0.1) is 0 Å². The lowest BCUT2D eigenvalue weighted by atomic mass is 10.1. The molecule has 1 atom stereocenters. The van der Waals surface area contributed by atoms with Crippen molar-refractivity contribution < 1.29 is 19.2 Å². The zero-order chi connectivity index (χ0) is 15.6. The molecule has 1 aromatic carbocycles. The molecule has 1 saturated heterocycles. The fraction of sp³-hybridized carbons (Fsp3) is 0.429. The van der Waals surface area contributed by atoms with Gasteiger partial charge >= 0.3 is 5.97 Å². The lowest BCUT2D eigenvalue weighted by molar-refractivity contribution is -0.384. The van der Waals surface area contributed by atoms with Crippen molar-refractivity contribution in [2.24, 2.45) is 5.92 Å². The molecule has 7 heteroatoms. The number of rotatable bonds is 3. The van der Waals surface area contributed by atoms with E-state index >= 15 is 0 Å². The Morgan fingerprint density at radius 3 is 2.71 bits per heavy atom. The van der Waals surface area contributed by atoms with Gasteiger partial charge < -0.3 is 9.64 Å². The van der Waals surface area contributed by atoms with Crippen LogP contribution in [0.5, 0.6) is 0 Å². The number of nitro benzene ring substituents is 1. The van der Waals surface area contributed by atoms with Crippen LogP contribution in [0.3, 0.4) is 0 Å². The predicted molar refractivity (Wildman–Crippen MR) is 73.9 cm³/mol. The van der Waals surface area contributed by atoms with Gasteiger partial charge in [0.2, 0.25) is 0 Å². The average molecular weight is 292 g/mol. The van der Waals surface area contributed by atoms with Crippen LogP contribution in [0.2, 0.25) is 0 Å². The maximum absolute atomic E-state index is 12.4. The summed E-state index contributed by atoms with van der Waals surface area (Å²) in [6.07, 6.45) is 0.548. The highest BCUT2D eigenvalue weighted by molar-refractivity contribution is 5.95. The Kier molecular flexibility index (Phi) is 4.21. The van der Waals surface area contributed by atoms with Gasteiger partial charge in [0.25, 0.3) is 11.6 Å². The van der Waals surface area contributed by atoms with Crippen molar-refractivity contribution in [1.29, 1.82) is 0 Å². The van der Waals surface area contributed by atoms with Gasteiger partial charge in [-0.1, -0.05) is 0 Å². The first kappa shape index (κ1) is 15.0. The van der Waals surface area contributed by atoms with Gasteiger partial charge in [0, 0.05) is 30.8 Å². The molecule has 2 rings (SSSR count). The Balaban J connectivity index is 2.18. The van der Waals surface area contributed by atoms with Gasteiger partial charge in [-0.2, -0.15) is 0 Å². The van der Waals surface area contributed by atoms with Gasteiger partial charge in [0.05, 0.1) is 18.0 Å². The molecule has 1 amide bonds. The molecule has 0 aromatic heterocycles. The molecule has 1 aliphatic heterocycles. The molecule has 0 N–H and O–H groups in total. The van der Waals surface area contributed by atoms with E-state index in [0.29, 0.717) is 18.5 Å². The van der Waals surface area contributed by atoms with Gasteiger partial charge in [-0.05, 0) is 25.0 Å². The molecule has 1 aliphatic rings. The van der Waals surface area contributed by atoms with Gasteiger partial charge in [-0.25, -0.2) is 0 Å². The van der Waals surface area contributed by atoms with E-state index in [4.69, 9.17) is 0 Å². The van der Waals surface area contributed by atoms with Crippen LogP contribution in [0.25, 0.3) is 0 Å². The number of carbonyl (C=O) groups excluding carboxylic acids is 2. The highest BCUT2D eigenvalue weighted by atomic mass is 16.6. The number of hydrogen-bond acceptors (Lipinski definition) is 5. The second kappa shape index (κ2) is 5.90. The number of nitro groups is 1. The van der Waals surface area contributed by atoms with E-state index in [-0.39, 0.29) is 35.6 Å². The topological polar surface area (TPSA) is 89.8 Å². The zero-order valence-corrected chi connectivity index (χ0v) is 11.9. The SMILES string of the molecule is COC(=O)C1CCN(C(=O)c2cc(C)cc([N+](=O)[O-])c2)C1. The zero-order valence-electron chi connectivity index (χ0n) is 11.9. The molecule has 21 heavy (non-hydrogen) atoms. The third-order valence-corrected chi connectivity index (χ3v) is 3.53. The summed E-state index contributed by atoms with van der Waals surface area (Å²) in [4.78, 5) is 35.7. The molecule has 0 saturated carbocycles. The minimum Gasteiger partial charge on any atom is -0.469 e. The number of carbonyl (C=O) groups is 2. The van der Waals surface area contributed by atoms with E-state index in [1.165, 1.54) is 24.1 Å². The van der Waals surface area contributed by atoms with Crippen molar-refractivity contribution in [3.63, 3.8) is 0 Å². The van der Waals surface area contributed by atoms with Crippen LogP contribution in [0.4, 0.5) is 5.69 Å². The number of methoxy groups -OCH3 is 1. The summed E-state index contributed by atoms with van der Waals surface area (Å²) in [5.41, 5.74) is 0.811. The number of amides is 1. The Hall–Kier alpha value is -2.44. The number of hydrogen-bond donors (Lipinski definition) is 0. The van der Waals surface area contributed by atoms with Crippen LogP contribution in [0, 0.1) is 23.0 Å². The van der Waals surface area contributed by atoms with E-state index in [0.717, 1.165) is 0 Å². The Morgan fingerprint density at radius 1 is 1.38 bits per heavy atom. The minimum atomic E-state index is -0.523. The molecule has 0 radical (unpaired) electrons. The number of likely N-dealkylation sites (tertiary alicyclic amines) is 1. The Bertz CT molecular complexity index is 599. The summed E-state index contributed by atoms with van der Waals surface area (Å²) in [6.45, 7) is 2.43. The van der Waals surface area contributed by atoms with Crippen molar-refractivity contribution in [3.05, 3.63) is 39.4 Å². The first-order valence-corrected chi connectivity index (χ1v) is 6.55. The van der Waals surface area contributed by atoms with Crippen molar-refractivity contribution in [1.82, 2.24) is 4.90 Å². The van der Waals surface area contributed by atoms with E-state index in [9.17, 15) is 19.7 Å². The standard InChI is InChI=1S/C14H16N2O5/c1-9-5-11(7-12(6-9)16(19)20)13(17)15-4-3-10(8-15)14(18)21-2/h5-7,10H,3-4,8H2,1-2H3. The van der Waals surface area contributed by atoms with Crippen molar-refractivity contribution in [2.75, 3.05) is 20.2 Å². The molecular weight excluding hydrogens is 276 g/mol. The molecule has 1 unspecified atom stereocenters. The summed E-state index contributed by atoms with van der Waals surface area (Å²) in [6, 6.07) is 4.29. The lowest BCUT2D eigenvalue weighted by Crippen LogP contribution is -2.30. The smallest absolute Gasteiger partial charge is 0.310 e. The molecule has 1 heterocycles. The molecule has 7 nitrogen and oxygen atoms in total. The number of nitrogens with zero attached hydrogens (tertiary/aromatic N) is 2. The average Bonchev–Trinajstić information content (AvgIpc) is 2.94. The quantitative estimate of drug-likeness (QED) is 0.479. The fourth-order valence-corrected chi connectivity index (χ4v) is 2.48. The molecule has 1 fully saturated rings. The molecular formula is C14H16N2O5. The maximum Gasteiger partial charge on any atom is 0.310 e. The molecule has 0 spiro atoms. The van der Waals surface area contributed by atoms with Crippen LogP contribution >= 0.6 is 0 Å². The number of benzene rings is 1. The van der Waals surface area contributed by atoms with Crippen LogP contribution < -0.4 is 0 Å². The van der Waals surface area contributed by atoms with Crippen molar-refractivity contribution >= 4 is 17.6 Å². The Labute approximate surface area is 121 Å². The predicted octanol–water partition coefficient (Wildman–Crippen LogP) is 1.54. The van der Waals surface area contributed by atoms with E-state index < -0.39 is 4.92 Å². The normalized spacial score (nSPS) is 17.6. The van der Waals surface area contributed by atoms with E-state index in [1.54, 1.807) is 13.0 Å². The summed E-state index contributed by atoms with van der Waals surface area (Å²) >= 11 is 0. The number of non-ortho nitro benzene ring substituents is 1. The first-order valence-electron chi connectivity index (χ1n) is 6.55. The second-order valence-electron chi connectivity index (χ2n) is 5.07. The summed E-state index contributed by atoms with van der Waals surface area (Å²) in [7, 11) is 1.32. The van der Waals surface area contributed by atoms with Gasteiger partial charge in [-0.3, -0.25) is 19.7 Å². The maximum atomic E-state index is 12.4. The van der Waals surface area contributed by atoms with Crippen LogP contribution in [-0.4, -0.2) is 41.9 Å². The highest BCUT2D eigenvalue weighted by Gasteiger charge is 2.32. The number of ether oxygens (including phenoxy) is 1. The van der Waals surface area contributed by atoms with Crippen LogP contribution in [0.1, 0.15) is 22.3 Å². The monoisotopic (exact) mass is 292 g/mol. The first-order chi connectivity index (χ1) is 9.92. The summed E-state index contributed by atoms with van der Waals surface area (Å²) < 4.78 is 4.67. The second-order valence-corrected chi connectivity index (χ2v) is 5.07. The third-order valence-electron chi connectivity index (χ3n) is 3.53. The van der Waals surface area contributed by atoms with Crippen molar-refractivity contribution in [2.45, 2.75) is 13.3 Å². The molecule has 0 bridgehead atoms. The number of esters is 1. The highest BCUT2D eigenvalue weighted by Crippen LogP contribution is 2.22. The molecule has 112 valence electrons. The summed E-state index contributed by atoms with van der Waals surface area (Å²) in [5, 5.41) is 10.8. The van der Waals surface area contributed by atoms with Crippen molar-refractivity contribution in [3.8, 4) is 0 Å². The van der Waals surface area contributed by atoms with Crippen LogP contribution in [-0.2, 0) is 9.53 Å². The van der Waals surface area contributed by atoms with Crippen LogP contribution in [0.15, 0.2) is 18.2 Å². The van der Waals surface area contributed by atoms with Gasteiger partial charge in [0.15, 0.2) is 0 Å². The molecule has 1 aromatic rings. The summed E-state index contributed by atoms with van der Waals surface area (Å²) in [5.74, 6) is -0.951. The Morgan fingerprint density at radius 2 is 2.10 bits per heavy atom. The lowest BCUT2D eigenvalue weighted by Gasteiger charge is -2.16. The minimum absolute atomic E-state index is 0.109. The van der Waals surface area contributed by atoms with E-state index in [2.05, 4.69) is 4.74 Å². The largest absolute Gasteiger partial charge is 0.469 e. The molecule has 0 aliphatic carbocycles. The van der Waals surface area contributed by atoms with Gasteiger partial charge in [0.1, 0.15) is 0 Å².